The Labute approximate surface area is 192 Å². The molecule has 0 N–H and O–H groups in total. The maximum absolute atomic E-state index is 6.23. The first-order valence-electron chi connectivity index (χ1n) is 12.1. The Bertz CT molecular complexity index is 481. The van der Waals surface area contributed by atoms with Crippen molar-refractivity contribution >= 4 is 31.8 Å². The summed E-state index contributed by atoms with van der Waals surface area (Å²) in [7, 11) is -1.58. The summed E-state index contributed by atoms with van der Waals surface area (Å²) in [5, 5.41) is 0.306. The zero-order valence-electron chi connectivity index (χ0n) is 20.3. The van der Waals surface area contributed by atoms with Gasteiger partial charge in [0.15, 0.2) is 8.32 Å². The molecule has 0 saturated carbocycles. The van der Waals surface area contributed by atoms with Crippen molar-refractivity contribution in [3.63, 3.8) is 0 Å². The van der Waals surface area contributed by atoms with Gasteiger partial charge in [-0.2, -0.15) is 0 Å². The van der Waals surface area contributed by atoms with Crippen LogP contribution in [0.3, 0.4) is 0 Å². The van der Waals surface area contributed by atoms with Crippen molar-refractivity contribution in [3.05, 3.63) is 0 Å². The molecule has 1 saturated heterocycles. The van der Waals surface area contributed by atoms with Crippen LogP contribution in [0.2, 0.25) is 18.1 Å². The molecule has 0 atom stereocenters. The molecule has 1 aliphatic heterocycles. The maximum Gasteiger partial charge on any atom is 0.191 e. The number of hydrogen-bond acceptors (Lipinski definition) is 3. The van der Waals surface area contributed by atoms with Gasteiger partial charge in [0.1, 0.15) is 0 Å². The molecule has 0 aromatic rings. The van der Waals surface area contributed by atoms with Crippen LogP contribution in [0.1, 0.15) is 105 Å². The summed E-state index contributed by atoms with van der Waals surface area (Å²) >= 11 is 4.53. The molecule has 1 aliphatic rings. The molecule has 1 rings (SSSR count). The summed E-state index contributed by atoms with van der Waals surface area (Å²) in [6.07, 6.45) is 15.5. The second-order valence-corrected chi connectivity index (χ2v) is 18.1. The third-order valence-corrected chi connectivity index (χ3v) is 14.5. The minimum Gasteiger partial charge on any atom is -0.417 e. The summed E-state index contributed by atoms with van der Waals surface area (Å²) in [6.45, 7) is 14.8. The fraction of sp³-hybridized carbons (Fsp3) is 0.920. The summed E-state index contributed by atoms with van der Waals surface area (Å²) in [5.41, 5.74) is 0. The first-order valence-corrected chi connectivity index (χ1v) is 17.0. The van der Waals surface area contributed by atoms with E-state index in [9.17, 15) is 0 Å². The monoisotopic (exact) mass is 456 g/mol. The van der Waals surface area contributed by atoms with Gasteiger partial charge >= 0.3 is 0 Å². The lowest BCUT2D eigenvalue weighted by atomic mass is 10.1. The van der Waals surface area contributed by atoms with Crippen LogP contribution in [-0.2, 0) is 4.43 Å². The first kappa shape index (κ1) is 27.5. The van der Waals surface area contributed by atoms with Gasteiger partial charge in [-0.05, 0) is 61.7 Å². The van der Waals surface area contributed by atoms with E-state index in [-0.39, 0.29) is 0 Å². The summed E-state index contributed by atoms with van der Waals surface area (Å²) in [5.74, 6) is 9.54. The maximum atomic E-state index is 6.23. The molecular weight excluding hydrogens is 408 g/mol. The second-order valence-electron chi connectivity index (χ2n) is 10.0. The van der Waals surface area contributed by atoms with Crippen molar-refractivity contribution in [3.8, 4) is 11.8 Å². The van der Waals surface area contributed by atoms with Gasteiger partial charge in [0.05, 0.1) is 4.08 Å². The van der Waals surface area contributed by atoms with E-state index >= 15 is 0 Å². The number of hydrogen-bond donors (Lipinski definition) is 0. The van der Waals surface area contributed by atoms with Crippen LogP contribution in [-0.4, -0.2) is 30.5 Å². The summed E-state index contributed by atoms with van der Waals surface area (Å²) in [6, 6.07) is 0. The molecule has 0 bridgehead atoms. The Morgan fingerprint density at radius 3 is 2.03 bits per heavy atom. The topological polar surface area (TPSA) is 9.23 Å². The van der Waals surface area contributed by atoms with Crippen LogP contribution < -0.4 is 0 Å². The third-order valence-electron chi connectivity index (χ3n) is 6.38. The smallest absolute Gasteiger partial charge is 0.191 e. The molecule has 0 radical (unpaired) electrons. The molecule has 0 spiro atoms. The van der Waals surface area contributed by atoms with Crippen molar-refractivity contribution in [1.82, 2.24) is 0 Å². The number of thioether (sulfide) groups is 2. The molecular formula is C25H48OS2Si. The largest absolute Gasteiger partial charge is 0.417 e. The zero-order chi connectivity index (χ0) is 21.6. The number of unbranched alkanes of at least 4 members (excludes halogenated alkanes) is 6. The number of rotatable bonds is 13. The lowest BCUT2D eigenvalue weighted by Crippen LogP contribution is -2.40. The van der Waals surface area contributed by atoms with Crippen LogP contribution in [0.4, 0.5) is 0 Å². The minimum absolute atomic E-state index is 0.306. The van der Waals surface area contributed by atoms with Crippen LogP contribution in [0.15, 0.2) is 0 Å². The Kier molecular flexibility index (Phi) is 13.7. The van der Waals surface area contributed by atoms with Crippen LogP contribution in [0, 0.1) is 11.8 Å². The highest BCUT2D eigenvalue weighted by Crippen LogP contribution is 2.49. The van der Waals surface area contributed by atoms with Gasteiger partial charge in [-0.1, -0.05) is 59.8 Å². The van der Waals surface area contributed by atoms with Crippen molar-refractivity contribution in [2.45, 2.75) is 127 Å². The lowest BCUT2D eigenvalue weighted by molar-refractivity contribution is 0.284. The molecule has 170 valence electrons. The Hall–Kier alpha value is 0.437. The molecule has 0 aliphatic carbocycles. The van der Waals surface area contributed by atoms with E-state index in [1.165, 1.54) is 69.3 Å². The fourth-order valence-corrected chi connectivity index (χ4v) is 7.92. The van der Waals surface area contributed by atoms with Crippen molar-refractivity contribution < 1.29 is 4.43 Å². The van der Waals surface area contributed by atoms with E-state index in [1.807, 2.05) is 0 Å². The van der Waals surface area contributed by atoms with Crippen LogP contribution in [0.25, 0.3) is 0 Å². The van der Waals surface area contributed by atoms with Gasteiger partial charge in [-0.25, -0.2) is 0 Å². The van der Waals surface area contributed by atoms with E-state index in [0.29, 0.717) is 9.12 Å². The van der Waals surface area contributed by atoms with E-state index in [1.54, 1.807) is 0 Å². The zero-order valence-corrected chi connectivity index (χ0v) is 23.0. The lowest BCUT2D eigenvalue weighted by Gasteiger charge is -2.36. The molecule has 29 heavy (non-hydrogen) atoms. The highest BCUT2D eigenvalue weighted by Gasteiger charge is 2.36. The average molecular weight is 457 g/mol. The van der Waals surface area contributed by atoms with Gasteiger partial charge in [0.25, 0.3) is 0 Å². The SMILES string of the molecule is CCCCCCC1(CCCCC#CCCCO[Si](C)(C)C(C)(C)C)SCCCS1. The Balaban J connectivity index is 2.17. The normalized spacial score (nSPS) is 17.0. The van der Waals surface area contributed by atoms with E-state index in [0.717, 1.165) is 25.9 Å². The van der Waals surface area contributed by atoms with E-state index in [4.69, 9.17) is 4.43 Å². The van der Waals surface area contributed by atoms with Crippen molar-refractivity contribution in [1.29, 1.82) is 0 Å². The predicted molar refractivity (Wildman–Crippen MR) is 140 cm³/mol. The molecule has 0 aromatic carbocycles. The molecule has 0 amide bonds. The summed E-state index contributed by atoms with van der Waals surface area (Å²) in [4.78, 5) is 0. The van der Waals surface area contributed by atoms with E-state index in [2.05, 4.69) is 76.2 Å². The van der Waals surface area contributed by atoms with Crippen molar-refractivity contribution in [2.75, 3.05) is 18.1 Å². The molecule has 1 heterocycles. The van der Waals surface area contributed by atoms with Gasteiger partial charge in [0, 0.05) is 19.4 Å². The van der Waals surface area contributed by atoms with E-state index < -0.39 is 8.32 Å². The molecule has 0 aromatic heterocycles. The highest BCUT2D eigenvalue weighted by molar-refractivity contribution is 8.18. The molecule has 1 fully saturated rings. The quantitative estimate of drug-likeness (QED) is 0.155. The second kappa shape index (κ2) is 14.5. The molecule has 1 nitrogen and oxygen atoms in total. The Morgan fingerprint density at radius 1 is 0.862 bits per heavy atom. The fourth-order valence-electron chi connectivity index (χ4n) is 3.34. The molecule has 0 unspecified atom stereocenters. The van der Waals surface area contributed by atoms with Crippen LogP contribution in [0.5, 0.6) is 0 Å². The summed E-state index contributed by atoms with van der Waals surface area (Å²) < 4.78 is 6.76. The first-order chi connectivity index (χ1) is 13.7. The van der Waals surface area contributed by atoms with Gasteiger partial charge < -0.3 is 4.43 Å². The van der Waals surface area contributed by atoms with Crippen LogP contribution >= 0.6 is 23.5 Å². The Morgan fingerprint density at radius 2 is 1.45 bits per heavy atom. The van der Waals surface area contributed by atoms with Gasteiger partial charge in [0.2, 0.25) is 0 Å². The highest BCUT2D eigenvalue weighted by atomic mass is 32.2. The average Bonchev–Trinajstić information content (AvgIpc) is 2.66. The predicted octanol–water partition coefficient (Wildman–Crippen LogP) is 8.89. The molecule has 4 heteroatoms. The standard InChI is InChI=1S/C25H48OS2Si/c1-7-8-9-15-19-25(27-22-18-23-28-25)20-16-13-11-10-12-14-17-21-26-29(5,6)24(2,3)4/h7-9,11,13-23H2,1-6H3. The third kappa shape index (κ3) is 11.6. The van der Waals surface area contributed by atoms with Crippen molar-refractivity contribution in [2.24, 2.45) is 0 Å². The van der Waals surface area contributed by atoms with Gasteiger partial charge in [-0.3, -0.25) is 0 Å². The van der Waals surface area contributed by atoms with Gasteiger partial charge in [-0.15, -0.1) is 35.4 Å². The minimum atomic E-state index is -1.58.